The molecule has 0 bridgehead atoms. The van der Waals surface area contributed by atoms with Crippen LogP contribution in [0.2, 0.25) is 0 Å². The molecule has 1 amide bonds. The first-order chi connectivity index (χ1) is 13.7. The third-order valence-electron chi connectivity index (χ3n) is 4.71. The van der Waals surface area contributed by atoms with E-state index < -0.39 is 11.7 Å². The van der Waals surface area contributed by atoms with Gasteiger partial charge in [0, 0.05) is 31.0 Å². The zero-order chi connectivity index (χ0) is 21.2. The summed E-state index contributed by atoms with van der Waals surface area (Å²) in [5, 5.41) is 15.7. The van der Waals surface area contributed by atoms with E-state index in [2.05, 4.69) is 15.4 Å². The van der Waals surface area contributed by atoms with Crippen molar-refractivity contribution in [2.45, 2.75) is 32.9 Å². The van der Waals surface area contributed by atoms with Gasteiger partial charge in [0.05, 0.1) is 11.8 Å². The lowest BCUT2D eigenvalue weighted by atomic mass is 10.0. The number of amides is 1. The van der Waals surface area contributed by atoms with E-state index in [0.29, 0.717) is 41.1 Å². The van der Waals surface area contributed by atoms with Crippen molar-refractivity contribution in [1.29, 1.82) is 0 Å². The largest absolute Gasteiger partial charge is 0.416 e. The van der Waals surface area contributed by atoms with Crippen LogP contribution in [0.5, 0.6) is 0 Å². The predicted octanol–water partition coefficient (Wildman–Crippen LogP) is 3.07. The fourth-order valence-electron chi connectivity index (χ4n) is 3.16. The van der Waals surface area contributed by atoms with E-state index in [1.807, 2.05) is 0 Å². The zero-order valence-corrected chi connectivity index (χ0v) is 16.0. The first-order valence-electron chi connectivity index (χ1n) is 9.11. The summed E-state index contributed by atoms with van der Waals surface area (Å²) < 4.78 is 40.5. The second-order valence-electron chi connectivity index (χ2n) is 6.76. The zero-order valence-electron chi connectivity index (χ0n) is 16.0. The molecule has 154 valence electrons. The quantitative estimate of drug-likeness (QED) is 0.617. The maximum absolute atomic E-state index is 13.0. The maximum atomic E-state index is 13.0. The van der Waals surface area contributed by atoms with Crippen molar-refractivity contribution in [3.05, 3.63) is 64.1 Å². The number of halogens is 3. The molecule has 0 saturated carbocycles. The number of fused-ring (bicyclic) bond motifs is 1. The fraction of sp³-hybridized carbons (Fsp3) is 0.350. The van der Waals surface area contributed by atoms with Crippen LogP contribution in [0, 0.1) is 13.8 Å². The van der Waals surface area contributed by atoms with Crippen LogP contribution in [-0.4, -0.2) is 38.8 Å². The summed E-state index contributed by atoms with van der Waals surface area (Å²) in [6.07, 6.45) is -2.28. The third kappa shape index (κ3) is 4.40. The average Bonchev–Trinajstić information content (AvgIpc) is 3.09. The summed E-state index contributed by atoms with van der Waals surface area (Å²) in [6, 6.07) is 5.20. The molecule has 0 aliphatic carbocycles. The van der Waals surface area contributed by atoms with Crippen molar-refractivity contribution in [1.82, 2.24) is 19.9 Å². The van der Waals surface area contributed by atoms with Crippen molar-refractivity contribution in [2.24, 2.45) is 0 Å². The van der Waals surface area contributed by atoms with Crippen LogP contribution in [-0.2, 0) is 12.6 Å². The van der Waals surface area contributed by atoms with Crippen LogP contribution >= 0.6 is 0 Å². The summed E-state index contributed by atoms with van der Waals surface area (Å²) in [4.78, 5) is 16.8. The highest BCUT2D eigenvalue weighted by molar-refractivity contribution is 5.99. The van der Waals surface area contributed by atoms with E-state index in [-0.39, 0.29) is 18.9 Å². The van der Waals surface area contributed by atoms with Gasteiger partial charge in [-0.05, 0) is 37.5 Å². The van der Waals surface area contributed by atoms with Gasteiger partial charge in [0.1, 0.15) is 5.56 Å². The van der Waals surface area contributed by atoms with Crippen molar-refractivity contribution >= 4 is 11.6 Å². The molecule has 0 saturated heterocycles. The molecule has 0 radical (unpaired) electrons. The molecule has 0 aliphatic heterocycles. The number of carbonyl (C=O) groups excluding carboxylic acids is 1. The maximum Gasteiger partial charge on any atom is 0.416 e. The Hall–Kier alpha value is -2.94. The lowest BCUT2D eigenvalue weighted by Gasteiger charge is -2.13. The van der Waals surface area contributed by atoms with Crippen LogP contribution in [0.4, 0.5) is 13.2 Å². The molecule has 2 aromatic heterocycles. The molecule has 29 heavy (non-hydrogen) atoms. The Morgan fingerprint density at radius 1 is 1.28 bits per heavy atom. The number of aliphatic hydroxyl groups is 1. The van der Waals surface area contributed by atoms with E-state index in [4.69, 9.17) is 5.11 Å². The summed E-state index contributed by atoms with van der Waals surface area (Å²) in [7, 11) is 0. The summed E-state index contributed by atoms with van der Waals surface area (Å²) in [5.41, 5.74) is 2.60. The first kappa shape index (κ1) is 20.8. The SMILES string of the molecule is Cc1nc2c(C(=O)NCCCO)cnn2c(C)c1Cc1cccc(C(F)(F)F)c1. The topological polar surface area (TPSA) is 79.5 Å². The van der Waals surface area contributed by atoms with Crippen LogP contribution in [0.25, 0.3) is 5.65 Å². The highest BCUT2D eigenvalue weighted by Crippen LogP contribution is 2.30. The number of aliphatic hydroxyl groups excluding tert-OH is 1. The standard InChI is InChI=1S/C20H21F3N4O2/c1-12-16(10-14-5-3-6-15(9-14)20(21,22)23)13(2)27-18(26-12)17(11-25-27)19(29)24-7-4-8-28/h3,5-6,9,11,28H,4,7-8,10H2,1-2H3,(H,24,29). The lowest BCUT2D eigenvalue weighted by Crippen LogP contribution is -2.25. The van der Waals surface area contributed by atoms with Crippen LogP contribution in [0.15, 0.2) is 30.5 Å². The molecule has 0 spiro atoms. The van der Waals surface area contributed by atoms with Gasteiger partial charge in [-0.1, -0.05) is 18.2 Å². The van der Waals surface area contributed by atoms with Crippen molar-refractivity contribution in [2.75, 3.05) is 13.2 Å². The fourth-order valence-corrected chi connectivity index (χ4v) is 3.16. The molecular weight excluding hydrogens is 385 g/mol. The van der Waals surface area contributed by atoms with Gasteiger partial charge in [-0.25, -0.2) is 9.50 Å². The minimum atomic E-state index is -4.40. The number of benzene rings is 1. The number of aromatic nitrogens is 3. The van der Waals surface area contributed by atoms with E-state index in [0.717, 1.165) is 17.7 Å². The van der Waals surface area contributed by atoms with Crippen molar-refractivity contribution in [3.8, 4) is 0 Å². The molecule has 6 nitrogen and oxygen atoms in total. The Balaban J connectivity index is 1.94. The number of alkyl halides is 3. The number of hydrogen-bond acceptors (Lipinski definition) is 4. The monoisotopic (exact) mass is 406 g/mol. The average molecular weight is 406 g/mol. The van der Waals surface area contributed by atoms with E-state index in [1.54, 1.807) is 19.9 Å². The Kier molecular flexibility index (Phi) is 5.88. The van der Waals surface area contributed by atoms with Crippen LogP contribution in [0.1, 0.15) is 44.9 Å². The lowest BCUT2D eigenvalue weighted by molar-refractivity contribution is -0.137. The summed E-state index contributed by atoms with van der Waals surface area (Å²) >= 11 is 0. The van der Waals surface area contributed by atoms with Gasteiger partial charge in [-0.2, -0.15) is 18.3 Å². The molecular formula is C20H21F3N4O2. The highest BCUT2D eigenvalue weighted by Gasteiger charge is 2.30. The molecule has 0 unspecified atom stereocenters. The van der Waals surface area contributed by atoms with Gasteiger partial charge in [0.25, 0.3) is 5.91 Å². The smallest absolute Gasteiger partial charge is 0.396 e. The Morgan fingerprint density at radius 3 is 2.72 bits per heavy atom. The van der Waals surface area contributed by atoms with Crippen LogP contribution in [0.3, 0.4) is 0 Å². The second kappa shape index (κ2) is 8.20. The van der Waals surface area contributed by atoms with Gasteiger partial charge >= 0.3 is 6.18 Å². The molecule has 0 atom stereocenters. The number of hydrogen-bond donors (Lipinski definition) is 2. The molecule has 0 fully saturated rings. The predicted molar refractivity (Wildman–Crippen MR) is 101 cm³/mol. The minimum Gasteiger partial charge on any atom is -0.396 e. The van der Waals surface area contributed by atoms with Gasteiger partial charge in [0.2, 0.25) is 0 Å². The molecule has 2 N–H and O–H groups in total. The molecule has 2 heterocycles. The van der Waals surface area contributed by atoms with Gasteiger partial charge in [-0.15, -0.1) is 0 Å². The Labute approximate surface area is 165 Å². The number of carbonyl (C=O) groups is 1. The molecule has 3 rings (SSSR count). The first-order valence-corrected chi connectivity index (χ1v) is 9.11. The van der Waals surface area contributed by atoms with Gasteiger partial charge in [-0.3, -0.25) is 4.79 Å². The van der Waals surface area contributed by atoms with E-state index in [1.165, 1.54) is 16.8 Å². The summed E-state index contributed by atoms with van der Waals surface area (Å²) in [6.45, 7) is 3.87. The molecule has 1 aromatic carbocycles. The van der Waals surface area contributed by atoms with E-state index >= 15 is 0 Å². The normalized spacial score (nSPS) is 11.8. The third-order valence-corrected chi connectivity index (χ3v) is 4.71. The molecule has 9 heteroatoms. The number of rotatable bonds is 6. The number of nitrogens with zero attached hydrogens (tertiary/aromatic N) is 3. The number of nitrogens with one attached hydrogen (secondary N) is 1. The van der Waals surface area contributed by atoms with Gasteiger partial charge < -0.3 is 10.4 Å². The molecule has 0 aliphatic rings. The minimum absolute atomic E-state index is 0.0234. The second-order valence-corrected chi connectivity index (χ2v) is 6.76. The summed E-state index contributed by atoms with van der Waals surface area (Å²) in [5.74, 6) is -0.342. The van der Waals surface area contributed by atoms with Crippen molar-refractivity contribution in [3.63, 3.8) is 0 Å². The molecule has 3 aromatic rings. The number of aryl methyl sites for hydroxylation is 2. The highest BCUT2D eigenvalue weighted by atomic mass is 19.4. The Bertz CT molecular complexity index is 1040. The van der Waals surface area contributed by atoms with E-state index in [9.17, 15) is 18.0 Å². The van der Waals surface area contributed by atoms with Gasteiger partial charge in [0.15, 0.2) is 5.65 Å². The van der Waals surface area contributed by atoms with Crippen molar-refractivity contribution < 1.29 is 23.1 Å². The Morgan fingerprint density at radius 2 is 2.03 bits per heavy atom. The van der Waals surface area contributed by atoms with Crippen LogP contribution < -0.4 is 5.32 Å².